The van der Waals surface area contributed by atoms with Crippen molar-refractivity contribution in [3.63, 3.8) is 0 Å². The van der Waals surface area contributed by atoms with Crippen LogP contribution in [-0.4, -0.2) is 7.11 Å². The zero-order chi connectivity index (χ0) is 11.5. The molecule has 1 heterocycles. The highest BCUT2D eigenvalue weighted by Gasteiger charge is 2.14. The molecule has 1 atom stereocenters. The quantitative estimate of drug-likeness (QED) is 0.940. The van der Waals surface area contributed by atoms with Gasteiger partial charge in [-0.1, -0.05) is 18.2 Å². The number of hydrogen-bond acceptors (Lipinski definition) is 3. The van der Waals surface area contributed by atoms with E-state index in [2.05, 4.69) is 15.9 Å². The maximum Gasteiger partial charge on any atom is 0.124 e. The van der Waals surface area contributed by atoms with E-state index in [4.69, 9.17) is 10.5 Å². The molecule has 0 saturated heterocycles. The van der Waals surface area contributed by atoms with Crippen molar-refractivity contribution in [1.29, 1.82) is 0 Å². The summed E-state index contributed by atoms with van der Waals surface area (Å²) >= 11 is 5.08. The van der Waals surface area contributed by atoms with Gasteiger partial charge < -0.3 is 10.5 Å². The first-order chi connectivity index (χ1) is 7.72. The van der Waals surface area contributed by atoms with E-state index in [0.29, 0.717) is 0 Å². The van der Waals surface area contributed by atoms with Gasteiger partial charge in [0.15, 0.2) is 0 Å². The number of hydrogen-bond donors (Lipinski definition) is 1. The lowest BCUT2D eigenvalue weighted by molar-refractivity contribution is 0.408. The second-order valence-electron chi connectivity index (χ2n) is 3.39. The molecule has 16 heavy (non-hydrogen) atoms. The van der Waals surface area contributed by atoms with Crippen LogP contribution < -0.4 is 10.5 Å². The van der Waals surface area contributed by atoms with E-state index in [1.807, 2.05) is 35.7 Å². The molecule has 0 radical (unpaired) electrons. The average Bonchev–Trinajstić information content (AvgIpc) is 2.75. The maximum absolute atomic E-state index is 6.22. The van der Waals surface area contributed by atoms with Crippen LogP contribution in [0.25, 0.3) is 0 Å². The van der Waals surface area contributed by atoms with Gasteiger partial charge in [0, 0.05) is 20.3 Å². The molecule has 0 aliphatic heterocycles. The molecule has 2 rings (SSSR count). The molecular weight excluding hydrogens is 286 g/mol. The van der Waals surface area contributed by atoms with E-state index in [1.54, 1.807) is 18.4 Å². The lowest BCUT2D eigenvalue weighted by atomic mass is 10.1. The first kappa shape index (κ1) is 11.6. The third-order valence-electron chi connectivity index (χ3n) is 2.37. The van der Waals surface area contributed by atoms with Crippen molar-refractivity contribution >= 4 is 27.3 Å². The molecule has 1 aromatic carbocycles. The maximum atomic E-state index is 6.22. The Bertz CT molecular complexity index is 483. The predicted octanol–water partition coefficient (Wildman–Crippen LogP) is 3.57. The number of nitrogens with two attached hydrogens (primary N) is 1. The van der Waals surface area contributed by atoms with E-state index < -0.39 is 0 Å². The summed E-state index contributed by atoms with van der Waals surface area (Å²) in [5.74, 6) is 0.833. The first-order valence-electron chi connectivity index (χ1n) is 4.85. The van der Waals surface area contributed by atoms with Crippen LogP contribution in [0, 0.1) is 0 Å². The molecule has 2 nitrogen and oxygen atoms in total. The summed E-state index contributed by atoms with van der Waals surface area (Å²) in [6.07, 6.45) is 0. The van der Waals surface area contributed by atoms with Crippen LogP contribution in [0.5, 0.6) is 5.75 Å². The van der Waals surface area contributed by atoms with Gasteiger partial charge in [0.1, 0.15) is 5.75 Å². The highest BCUT2D eigenvalue weighted by molar-refractivity contribution is 9.10. The molecule has 1 unspecified atom stereocenters. The molecule has 84 valence electrons. The summed E-state index contributed by atoms with van der Waals surface area (Å²) in [5, 5.41) is 2.03. The van der Waals surface area contributed by atoms with E-state index in [0.717, 1.165) is 20.7 Å². The minimum Gasteiger partial charge on any atom is -0.496 e. The molecular formula is C12H12BrNOS. The number of benzene rings is 1. The highest BCUT2D eigenvalue weighted by atomic mass is 79.9. The van der Waals surface area contributed by atoms with E-state index in [-0.39, 0.29) is 6.04 Å². The van der Waals surface area contributed by atoms with Gasteiger partial charge in [-0.15, -0.1) is 11.3 Å². The van der Waals surface area contributed by atoms with Gasteiger partial charge in [-0.2, -0.15) is 0 Å². The van der Waals surface area contributed by atoms with Crippen LogP contribution in [0.15, 0.2) is 40.2 Å². The fraction of sp³-hybridized carbons (Fsp3) is 0.167. The van der Waals surface area contributed by atoms with Crippen LogP contribution in [0.4, 0.5) is 0 Å². The minimum atomic E-state index is -0.132. The van der Waals surface area contributed by atoms with Gasteiger partial charge in [-0.25, -0.2) is 0 Å². The van der Waals surface area contributed by atoms with Crippen molar-refractivity contribution in [3.8, 4) is 5.75 Å². The van der Waals surface area contributed by atoms with Gasteiger partial charge in [-0.3, -0.25) is 0 Å². The van der Waals surface area contributed by atoms with Gasteiger partial charge in [0.05, 0.1) is 13.2 Å². The first-order valence-corrected chi connectivity index (χ1v) is 6.52. The number of ether oxygens (including phenoxy) is 1. The highest BCUT2D eigenvalue weighted by Crippen LogP contribution is 2.32. The third kappa shape index (κ3) is 2.29. The summed E-state index contributed by atoms with van der Waals surface area (Å²) < 4.78 is 6.38. The Morgan fingerprint density at radius 1 is 1.38 bits per heavy atom. The number of thiophene rings is 1. The van der Waals surface area contributed by atoms with Crippen molar-refractivity contribution in [3.05, 3.63) is 50.6 Å². The standard InChI is InChI=1S/C12H12BrNOS/c1-15-10-5-3-2-4-9(10)12(14)11-6-8(13)7-16-11/h2-7,12H,14H2,1H3. The van der Waals surface area contributed by atoms with E-state index in [9.17, 15) is 0 Å². The van der Waals surface area contributed by atoms with Gasteiger partial charge in [0.25, 0.3) is 0 Å². The predicted molar refractivity (Wildman–Crippen MR) is 71.0 cm³/mol. The van der Waals surface area contributed by atoms with Crippen LogP contribution in [0.1, 0.15) is 16.5 Å². The number of methoxy groups -OCH3 is 1. The van der Waals surface area contributed by atoms with Crippen molar-refractivity contribution in [1.82, 2.24) is 0 Å². The average molecular weight is 298 g/mol. The monoisotopic (exact) mass is 297 g/mol. The van der Waals surface area contributed by atoms with E-state index >= 15 is 0 Å². The molecule has 0 aliphatic rings. The Morgan fingerprint density at radius 2 is 2.12 bits per heavy atom. The fourth-order valence-corrected chi connectivity index (χ4v) is 3.03. The number of halogens is 1. The molecule has 1 aromatic heterocycles. The van der Waals surface area contributed by atoms with Crippen LogP contribution in [-0.2, 0) is 0 Å². The SMILES string of the molecule is COc1ccccc1C(N)c1cc(Br)cs1. The molecule has 0 fully saturated rings. The Morgan fingerprint density at radius 3 is 2.75 bits per heavy atom. The Labute approximate surface area is 107 Å². The largest absolute Gasteiger partial charge is 0.496 e. The van der Waals surface area contributed by atoms with Gasteiger partial charge in [-0.05, 0) is 28.1 Å². The second-order valence-corrected chi connectivity index (χ2v) is 5.25. The zero-order valence-electron chi connectivity index (χ0n) is 8.81. The summed E-state index contributed by atoms with van der Waals surface area (Å²) in [6.45, 7) is 0. The normalized spacial score (nSPS) is 12.4. The Kier molecular flexibility index (Phi) is 3.63. The number of rotatable bonds is 3. The van der Waals surface area contributed by atoms with Crippen LogP contribution >= 0.6 is 27.3 Å². The summed E-state index contributed by atoms with van der Waals surface area (Å²) in [5.41, 5.74) is 7.23. The van der Waals surface area contributed by atoms with Crippen LogP contribution in [0.2, 0.25) is 0 Å². The summed E-state index contributed by atoms with van der Waals surface area (Å²) in [4.78, 5) is 1.12. The van der Waals surface area contributed by atoms with Gasteiger partial charge in [0.2, 0.25) is 0 Å². The lowest BCUT2D eigenvalue weighted by Crippen LogP contribution is -2.11. The molecule has 2 N–H and O–H groups in total. The molecule has 0 saturated carbocycles. The minimum absolute atomic E-state index is 0.132. The third-order valence-corrected chi connectivity index (χ3v) is 4.14. The topological polar surface area (TPSA) is 35.2 Å². The zero-order valence-corrected chi connectivity index (χ0v) is 11.2. The van der Waals surface area contributed by atoms with Crippen molar-refractivity contribution in [2.45, 2.75) is 6.04 Å². The van der Waals surface area contributed by atoms with Crippen molar-refractivity contribution < 1.29 is 4.74 Å². The molecule has 0 aliphatic carbocycles. The lowest BCUT2D eigenvalue weighted by Gasteiger charge is -2.13. The summed E-state index contributed by atoms with van der Waals surface area (Å²) in [6, 6.07) is 9.75. The summed E-state index contributed by atoms with van der Waals surface area (Å²) in [7, 11) is 1.66. The van der Waals surface area contributed by atoms with Crippen molar-refractivity contribution in [2.75, 3.05) is 7.11 Å². The molecule has 2 aromatic rings. The smallest absolute Gasteiger partial charge is 0.124 e. The van der Waals surface area contributed by atoms with E-state index in [1.165, 1.54) is 0 Å². The Hall–Kier alpha value is -0.840. The molecule has 0 spiro atoms. The molecule has 0 bridgehead atoms. The van der Waals surface area contributed by atoms with Crippen LogP contribution in [0.3, 0.4) is 0 Å². The molecule has 4 heteroatoms. The van der Waals surface area contributed by atoms with Gasteiger partial charge >= 0.3 is 0 Å². The van der Waals surface area contributed by atoms with Crippen molar-refractivity contribution in [2.24, 2.45) is 5.73 Å². The molecule has 0 amide bonds. The number of para-hydroxylation sites is 1. The fourth-order valence-electron chi connectivity index (χ4n) is 1.57. The second kappa shape index (κ2) is 4.99. The Balaban J connectivity index is 2.36.